The van der Waals surface area contributed by atoms with Gasteiger partial charge in [-0.15, -0.1) is 0 Å². The van der Waals surface area contributed by atoms with Crippen molar-refractivity contribution in [3.63, 3.8) is 0 Å². The van der Waals surface area contributed by atoms with E-state index in [0.717, 1.165) is 32.8 Å². The second-order valence-electron chi connectivity index (χ2n) is 6.99. The van der Waals surface area contributed by atoms with Gasteiger partial charge in [0.2, 0.25) is 0 Å². The third-order valence-electron chi connectivity index (χ3n) is 4.98. The standard InChI is InChI=1S/C23H17BrCl3NO/c24-17-6-1-15(2-7-17)23(21-12-20(21)14-3-8-18(25)9-4-14)28-29-13-16-5-10-19(26)11-22(16)27/h1-11,20-21H,12-13H2. The van der Waals surface area contributed by atoms with Gasteiger partial charge in [-0.05, 0) is 59.9 Å². The van der Waals surface area contributed by atoms with Crippen LogP contribution in [-0.4, -0.2) is 5.71 Å². The fourth-order valence-corrected chi connectivity index (χ4v) is 4.19. The van der Waals surface area contributed by atoms with E-state index in [4.69, 9.17) is 39.6 Å². The molecule has 0 N–H and O–H groups in total. The Bertz CT molecular complexity index is 1030. The van der Waals surface area contributed by atoms with Gasteiger partial charge in [-0.25, -0.2) is 0 Å². The van der Waals surface area contributed by atoms with Crippen LogP contribution in [0.1, 0.15) is 29.0 Å². The summed E-state index contributed by atoms with van der Waals surface area (Å²) in [4.78, 5) is 5.72. The molecule has 0 aromatic heterocycles. The average Bonchev–Trinajstić information content (AvgIpc) is 3.49. The maximum Gasteiger partial charge on any atom is 0.143 e. The van der Waals surface area contributed by atoms with Crippen molar-refractivity contribution >= 4 is 56.4 Å². The molecule has 3 aromatic carbocycles. The highest BCUT2D eigenvalue weighted by molar-refractivity contribution is 9.10. The molecule has 0 heterocycles. The summed E-state index contributed by atoms with van der Waals surface area (Å²) in [5, 5.41) is 6.44. The van der Waals surface area contributed by atoms with Crippen molar-refractivity contribution in [2.45, 2.75) is 18.9 Å². The number of hydrogen-bond acceptors (Lipinski definition) is 2. The lowest BCUT2D eigenvalue weighted by molar-refractivity contribution is 0.130. The lowest BCUT2D eigenvalue weighted by atomic mass is 10.0. The van der Waals surface area contributed by atoms with Gasteiger partial charge < -0.3 is 4.84 Å². The number of hydrogen-bond donors (Lipinski definition) is 0. The first kappa shape index (κ1) is 20.7. The minimum Gasteiger partial charge on any atom is -0.391 e. The van der Waals surface area contributed by atoms with Crippen molar-refractivity contribution in [3.8, 4) is 0 Å². The zero-order chi connectivity index (χ0) is 20.4. The van der Waals surface area contributed by atoms with Gasteiger partial charge in [0.15, 0.2) is 0 Å². The van der Waals surface area contributed by atoms with Crippen molar-refractivity contribution in [3.05, 3.63) is 103 Å². The molecule has 2 nitrogen and oxygen atoms in total. The van der Waals surface area contributed by atoms with Crippen molar-refractivity contribution in [2.75, 3.05) is 0 Å². The van der Waals surface area contributed by atoms with Crippen LogP contribution in [0.25, 0.3) is 0 Å². The predicted octanol–water partition coefficient (Wildman–Crippen LogP) is 8.13. The Morgan fingerprint density at radius 3 is 2.31 bits per heavy atom. The van der Waals surface area contributed by atoms with Gasteiger partial charge in [0, 0.05) is 31.0 Å². The summed E-state index contributed by atoms with van der Waals surface area (Å²) >= 11 is 21.7. The second-order valence-corrected chi connectivity index (χ2v) is 9.19. The van der Waals surface area contributed by atoms with Gasteiger partial charge in [0.1, 0.15) is 6.61 Å². The van der Waals surface area contributed by atoms with E-state index in [9.17, 15) is 0 Å². The summed E-state index contributed by atoms with van der Waals surface area (Å²) in [7, 11) is 0. The molecule has 1 aliphatic carbocycles. The number of halogens is 4. The van der Waals surface area contributed by atoms with Crippen molar-refractivity contribution < 1.29 is 4.84 Å². The second kappa shape index (κ2) is 9.09. The molecule has 0 spiro atoms. The Kier molecular flexibility index (Phi) is 6.50. The SMILES string of the molecule is Clc1ccc(C2CC2C(=NOCc2ccc(Cl)cc2Cl)c2ccc(Br)cc2)cc1. The van der Waals surface area contributed by atoms with Gasteiger partial charge in [0.25, 0.3) is 0 Å². The van der Waals surface area contributed by atoms with Crippen LogP contribution in [0.15, 0.2) is 76.4 Å². The van der Waals surface area contributed by atoms with E-state index in [1.54, 1.807) is 12.1 Å². The number of rotatable bonds is 6. The predicted molar refractivity (Wildman–Crippen MR) is 124 cm³/mol. The first-order chi connectivity index (χ1) is 14.0. The van der Waals surface area contributed by atoms with Crippen LogP contribution in [0.2, 0.25) is 15.1 Å². The molecule has 2 atom stereocenters. The minimum absolute atomic E-state index is 0.286. The topological polar surface area (TPSA) is 21.6 Å². The molecule has 1 fully saturated rings. The lowest BCUT2D eigenvalue weighted by Crippen LogP contribution is -2.07. The first-order valence-electron chi connectivity index (χ1n) is 9.16. The zero-order valence-corrected chi connectivity index (χ0v) is 19.1. The van der Waals surface area contributed by atoms with Crippen LogP contribution in [0.3, 0.4) is 0 Å². The van der Waals surface area contributed by atoms with E-state index in [1.807, 2.05) is 30.3 Å². The van der Waals surface area contributed by atoms with Crippen LogP contribution >= 0.6 is 50.7 Å². The molecule has 0 radical (unpaired) electrons. The van der Waals surface area contributed by atoms with E-state index in [0.29, 0.717) is 21.9 Å². The Hall–Kier alpha value is -1.52. The smallest absolute Gasteiger partial charge is 0.143 e. The van der Waals surface area contributed by atoms with Gasteiger partial charge in [0.05, 0.1) is 5.71 Å². The zero-order valence-electron chi connectivity index (χ0n) is 15.3. The molecule has 148 valence electrons. The highest BCUT2D eigenvalue weighted by atomic mass is 79.9. The molecule has 1 aliphatic rings. The normalized spacial score (nSPS) is 18.6. The molecule has 2 unspecified atom stereocenters. The molecule has 29 heavy (non-hydrogen) atoms. The summed E-state index contributed by atoms with van der Waals surface area (Å²) in [6, 6.07) is 21.5. The monoisotopic (exact) mass is 507 g/mol. The van der Waals surface area contributed by atoms with E-state index >= 15 is 0 Å². The number of nitrogens with zero attached hydrogens (tertiary/aromatic N) is 1. The molecule has 4 rings (SSSR count). The van der Waals surface area contributed by atoms with Gasteiger partial charge in [-0.3, -0.25) is 0 Å². The fourth-order valence-electron chi connectivity index (χ4n) is 3.34. The van der Waals surface area contributed by atoms with Crippen LogP contribution in [0, 0.1) is 5.92 Å². The molecule has 0 saturated heterocycles. The number of oxime groups is 1. The first-order valence-corrected chi connectivity index (χ1v) is 11.1. The van der Waals surface area contributed by atoms with Crippen LogP contribution in [0.4, 0.5) is 0 Å². The van der Waals surface area contributed by atoms with Crippen LogP contribution in [0.5, 0.6) is 0 Å². The third-order valence-corrected chi connectivity index (χ3v) is 6.35. The Morgan fingerprint density at radius 1 is 0.931 bits per heavy atom. The minimum atomic E-state index is 0.286. The van der Waals surface area contributed by atoms with E-state index in [-0.39, 0.29) is 6.61 Å². The summed E-state index contributed by atoms with van der Waals surface area (Å²) in [6.45, 7) is 0.286. The molecular weight excluding hydrogens is 493 g/mol. The Morgan fingerprint density at radius 2 is 1.62 bits per heavy atom. The van der Waals surface area contributed by atoms with Crippen LogP contribution in [-0.2, 0) is 11.4 Å². The summed E-state index contributed by atoms with van der Waals surface area (Å²) < 4.78 is 1.03. The fraction of sp³-hybridized carbons (Fsp3) is 0.174. The molecule has 0 aliphatic heterocycles. The molecule has 6 heteroatoms. The van der Waals surface area contributed by atoms with Crippen LogP contribution < -0.4 is 0 Å². The molecular formula is C23H17BrCl3NO. The van der Waals surface area contributed by atoms with Gasteiger partial charge >= 0.3 is 0 Å². The summed E-state index contributed by atoms with van der Waals surface area (Å²) in [5.74, 6) is 0.718. The molecule has 0 amide bonds. The number of benzene rings is 3. The Labute approximate surface area is 193 Å². The molecule has 1 saturated carbocycles. The van der Waals surface area contributed by atoms with E-state index < -0.39 is 0 Å². The van der Waals surface area contributed by atoms with Crippen molar-refractivity contribution in [1.82, 2.24) is 0 Å². The quantitative estimate of drug-likeness (QED) is 0.243. The highest BCUT2D eigenvalue weighted by Gasteiger charge is 2.43. The molecule has 3 aromatic rings. The van der Waals surface area contributed by atoms with Crippen molar-refractivity contribution in [1.29, 1.82) is 0 Å². The van der Waals surface area contributed by atoms with E-state index in [1.165, 1.54) is 5.56 Å². The summed E-state index contributed by atoms with van der Waals surface area (Å²) in [5.41, 5.74) is 4.12. The third kappa shape index (κ3) is 5.16. The van der Waals surface area contributed by atoms with Gasteiger partial charge in [-0.1, -0.05) is 86.2 Å². The average molecular weight is 510 g/mol. The summed E-state index contributed by atoms with van der Waals surface area (Å²) in [6.07, 6.45) is 1.03. The lowest BCUT2D eigenvalue weighted by Gasteiger charge is -2.09. The Balaban J connectivity index is 1.55. The largest absolute Gasteiger partial charge is 0.391 e. The maximum atomic E-state index is 6.24. The van der Waals surface area contributed by atoms with Crippen molar-refractivity contribution in [2.24, 2.45) is 11.1 Å². The highest BCUT2D eigenvalue weighted by Crippen LogP contribution is 2.49. The van der Waals surface area contributed by atoms with Gasteiger partial charge in [-0.2, -0.15) is 0 Å². The molecule has 0 bridgehead atoms. The van der Waals surface area contributed by atoms with E-state index in [2.05, 4.69) is 45.4 Å². The maximum absolute atomic E-state index is 6.24.